The molecule has 2 aromatic carbocycles. The second-order valence-electron chi connectivity index (χ2n) is 6.91. The molecule has 29 heavy (non-hydrogen) atoms. The third-order valence-electron chi connectivity index (χ3n) is 5.06. The van der Waals surface area contributed by atoms with Gasteiger partial charge < -0.3 is 4.74 Å². The van der Waals surface area contributed by atoms with Gasteiger partial charge in [-0.2, -0.15) is 0 Å². The van der Waals surface area contributed by atoms with Gasteiger partial charge in [0.15, 0.2) is 5.13 Å². The van der Waals surface area contributed by atoms with Gasteiger partial charge in [-0.1, -0.05) is 46.7 Å². The predicted octanol–water partition coefficient (Wildman–Crippen LogP) is 4.89. The third-order valence-corrected chi connectivity index (χ3v) is 6.84. The Kier molecular flexibility index (Phi) is 6.37. The molecule has 1 aliphatic heterocycles. The first-order valence-corrected chi connectivity index (χ1v) is 11.0. The summed E-state index contributed by atoms with van der Waals surface area (Å²) in [5.74, 6) is -0.147. The number of hydrogen-bond acceptors (Lipinski definition) is 5. The van der Waals surface area contributed by atoms with Gasteiger partial charge in [0, 0.05) is 31.2 Å². The number of nitrogens with zero attached hydrogens (tertiary/aromatic N) is 3. The quantitative estimate of drug-likeness (QED) is 0.555. The molecule has 152 valence electrons. The Morgan fingerprint density at radius 3 is 2.69 bits per heavy atom. The van der Waals surface area contributed by atoms with Gasteiger partial charge in [-0.15, -0.1) is 0 Å². The average molecular weight is 450 g/mol. The largest absolute Gasteiger partial charge is 0.379 e. The van der Waals surface area contributed by atoms with E-state index in [2.05, 4.69) is 4.90 Å². The number of benzene rings is 2. The maximum absolute atomic E-state index is 13.4. The van der Waals surface area contributed by atoms with E-state index in [1.807, 2.05) is 31.2 Å². The molecular formula is C21H21Cl2N3O2S. The van der Waals surface area contributed by atoms with Gasteiger partial charge in [0.05, 0.1) is 34.0 Å². The number of thiazole rings is 1. The number of anilines is 1. The van der Waals surface area contributed by atoms with Crippen LogP contribution in [-0.4, -0.2) is 55.2 Å². The molecule has 8 heteroatoms. The van der Waals surface area contributed by atoms with Crippen LogP contribution < -0.4 is 4.90 Å². The average Bonchev–Trinajstić information content (AvgIpc) is 3.17. The molecule has 0 atom stereocenters. The summed E-state index contributed by atoms with van der Waals surface area (Å²) >= 11 is 14.1. The Morgan fingerprint density at radius 1 is 1.17 bits per heavy atom. The highest BCUT2D eigenvalue weighted by Gasteiger charge is 2.24. The molecule has 0 radical (unpaired) electrons. The van der Waals surface area contributed by atoms with Crippen molar-refractivity contribution in [3.8, 4) is 0 Å². The van der Waals surface area contributed by atoms with Crippen LogP contribution in [0.4, 0.5) is 5.13 Å². The van der Waals surface area contributed by atoms with Crippen LogP contribution >= 0.6 is 34.5 Å². The first-order chi connectivity index (χ1) is 14.0. The molecule has 0 unspecified atom stereocenters. The topological polar surface area (TPSA) is 45.7 Å². The van der Waals surface area contributed by atoms with Gasteiger partial charge >= 0.3 is 0 Å². The summed E-state index contributed by atoms with van der Waals surface area (Å²) in [4.78, 5) is 22.2. The number of amides is 1. The van der Waals surface area contributed by atoms with Crippen LogP contribution in [0.2, 0.25) is 10.0 Å². The standard InChI is InChI=1S/C21H21Cl2N3O2S/c1-14-16(22)6-7-18-19(14)24-21(29-18)26(9-8-25-10-12-28-13-11-25)20(27)15-4-2-3-5-17(15)23/h2-7H,8-13H2,1H3. The normalized spacial score (nSPS) is 15.0. The molecule has 5 nitrogen and oxygen atoms in total. The van der Waals surface area contributed by atoms with E-state index in [-0.39, 0.29) is 5.91 Å². The molecule has 1 amide bonds. The molecule has 0 N–H and O–H groups in total. The Labute approximate surface area is 183 Å². The van der Waals surface area contributed by atoms with E-state index in [1.54, 1.807) is 17.0 Å². The van der Waals surface area contributed by atoms with Crippen LogP contribution in [0.1, 0.15) is 15.9 Å². The summed E-state index contributed by atoms with van der Waals surface area (Å²) in [6, 6.07) is 10.9. The van der Waals surface area contributed by atoms with Gasteiger partial charge in [0.25, 0.3) is 5.91 Å². The van der Waals surface area contributed by atoms with Crippen LogP contribution in [-0.2, 0) is 4.74 Å². The van der Waals surface area contributed by atoms with Gasteiger partial charge in [-0.05, 0) is 36.8 Å². The molecular weight excluding hydrogens is 429 g/mol. The number of rotatable bonds is 5. The van der Waals surface area contributed by atoms with Crippen molar-refractivity contribution in [3.05, 3.63) is 57.6 Å². The van der Waals surface area contributed by atoms with Crippen LogP contribution in [0.3, 0.4) is 0 Å². The second kappa shape index (κ2) is 8.98. The molecule has 1 aliphatic rings. The molecule has 2 heterocycles. The van der Waals surface area contributed by atoms with Crippen LogP contribution in [0.25, 0.3) is 10.2 Å². The lowest BCUT2D eigenvalue weighted by Crippen LogP contribution is -2.43. The van der Waals surface area contributed by atoms with Crippen LogP contribution in [0, 0.1) is 6.92 Å². The van der Waals surface area contributed by atoms with E-state index in [4.69, 9.17) is 32.9 Å². The highest BCUT2D eigenvalue weighted by molar-refractivity contribution is 7.22. The fourth-order valence-electron chi connectivity index (χ4n) is 3.33. The number of carbonyl (C=O) groups excluding carboxylic acids is 1. The minimum atomic E-state index is -0.147. The van der Waals surface area contributed by atoms with Gasteiger partial charge in [-0.3, -0.25) is 14.6 Å². The Balaban J connectivity index is 1.68. The lowest BCUT2D eigenvalue weighted by atomic mass is 10.2. The summed E-state index contributed by atoms with van der Waals surface area (Å²) in [6.07, 6.45) is 0. The number of halogens is 2. The zero-order valence-electron chi connectivity index (χ0n) is 16.0. The van der Waals surface area contributed by atoms with E-state index in [9.17, 15) is 4.79 Å². The summed E-state index contributed by atoms with van der Waals surface area (Å²) in [5, 5.41) is 1.77. The van der Waals surface area contributed by atoms with Crippen molar-refractivity contribution in [2.24, 2.45) is 0 Å². The number of aromatic nitrogens is 1. The second-order valence-corrected chi connectivity index (χ2v) is 8.73. The maximum atomic E-state index is 13.4. The zero-order valence-corrected chi connectivity index (χ0v) is 18.4. The predicted molar refractivity (Wildman–Crippen MR) is 120 cm³/mol. The van der Waals surface area contributed by atoms with E-state index in [1.165, 1.54) is 11.3 Å². The van der Waals surface area contributed by atoms with Crippen molar-refractivity contribution in [1.29, 1.82) is 0 Å². The SMILES string of the molecule is Cc1c(Cl)ccc2sc(N(CCN3CCOCC3)C(=O)c3ccccc3Cl)nc12. The van der Waals surface area contributed by atoms with E-state index in [0.29, 0.717) is 27.3 Å². The lowest BCUT2D eigenvalue weighted by Gasteiger charge is -2.29. The summed E-state index contributed by atoms with van der Waals surface area (Å²) in [5.41, 5.74) is 2.23. The van der Waals surface area contributed by atoms with E-state index >= 15 is 0 Å². The van der Waals surface area contributed by atoms with Crippen molar-refractivity contribution < 1.29 is 9.53 Å². The minimum absolute atomic E-state index is 0.147. The minimum Gasteiger partial charge on any atom is -0.379 e. The Hall–Kier alpha value is -1.70. The third kappa shape index (κ3) is 4.42. The Morgan fingerprint density at radius 2 is 1.93 bits per heavy atom. The monoisotopic (exact) mass is 449 g/mol. The molecule has 0 aliphatic carbocycles. The van der Waals surface area contributed by atoms with E-state index < -0.39 is 0 Å². The molecule has 4 rings (SSSR count). The molecule has 0 spiro atoms. The molecule has 1 fully saturated rings. The lowest BCUT2D eigenvalue weighted by molar-refractivity contribution is 0.0391. The summed E-state index contributed by atoms with van der Waals surface area (Å²) in [6.45, 7) is 6.38. The number of fused-ring (bicyclic) bond motifs is 1. The highest BCUT2D eigenvalue weighted by Crippen LogP contribution is 2.34. The van der Waals surface area contributed by atoms with Crippen molar-refractivity contribution in [1.82, 2.24) is 9.88 Å². The number of morpholine rings is 1. The summed E-state index contributed by atoms with van der Waals surface area (Å²) < 4.78 is 6.43. The molecule has 0 bridgehead atoms. The number of ether oxygens (including phenoxy) is 1. The number of aryl methyl sites for hydroxylation is 1. The van der Waals surface area contributed by atoms with Gasteiger partial charge in [0.2, 0.25) is 0 Å². The first kappa shape index (κ1) is 20.6. The fourth-order valence-corrected chi connectivity index (χ4v) is 4.75. The van der Waals surface area contributed by atoms with Crippen LogP contribution in [0.5, 0.6) is 0 Å². The molecule has 3 aromatic rings. The molecule has 1 aromatic heterocycles. The summed E-state index contributed by atoms with van der Waals surface area (Å²) in [7, 11) is 0. The zero-order chi connectivity index (χ0) is 20.4. The fraction of sp³-hybridized carbons (Fsp3) is 0.333. The highest BCUT2D eigenvalue weighted by atomic mass is 35.5. The van der Waals surface area contributed by atoms with Gasteiger partial charge in [0.1, 0.15) is 0 Å². The van der Waals surface area contributed by atoms with Gasteiger partial charge in [-0.25, -0.2) is 4.98 Å². The first-order valence-electron chi connectivity index (χ1n) is 9.47. The van der Waals surface area contributed by atoms with Crippen molar-refractivity contribution >= 4 is 55.8 Å². The number of carbonyl (C=O) groups is 1. The smallest absolute Gasteiger partial charge is 0.261 e. The Bertz CT molecular complexity index is 1030. The maximum Gasteiger partial charge on any atom is 0.261 e. The number of hydrogen-bond donors (Lipinski definition) is 0. The van der Waals surface area contributed by atoms with Crippen LogP contribution in [0.15, 0.2) is 36.4 Å². The van der Waals surface area contributed by atoms with Crippen molar-refractivity contribution in [2.45, 2.75) is 6.92 Å². The van der Waals surface area contributed by atoms with Crippen molar-refractivity contribution in [2.75, 3.05) is 44.3 Å². The van der Waals surface area contributed by atoms with Crippen molar-refractivity contribution in [3.63, 3.8) is 0 Å². The molecule has 0 saturated carbocycles. The molecule has 1 saturated heterocycles. The van der Waals surface area contributed by atoms with E-state index in [0.717, 1.165) is 48.6 Å².